The lowest BCUT2D eigenvalue weighted by Crippen LogP contribution is -2.16. The topological polar surface area (TPSA) is 99.4 Å². The van der Waals surface area contributed by atoms with Crippen LogP contribution in [0.1, 0.15) is 35.7 Å². The van der Waals surface area contributed by atoms with Gasteiger partial charge in [-0.1, -0.05) is 43.7 Å². The number of hydrogen-bond donors (Lipinski definition) is 2. The van der Waals surface area contributed by atoms with Gasteiger partial charge >= 0.3 is 5.97 Å². The summed E-state index contributed by atoms with van der Waals surface area (Å²) >= 11 is 0. The van der Waals surface area contributed by atoms with Gasteiger partial charge in [-0.15, -0.1) is 0 Å². The first-order chi connectivity index (χ1) is 13.1. The number of nitriles is 1. The van der Waals surface area contributed by atoms with Crippen LogP contribution >= 0.6 is 0 Å². The van der Waals surface area contributed by atoms with Gasteiger partial charge in [0.05, 0.1) is 17.9 Å². The number of aromatic carboxylic acids is 1. The van der Waals surface area contributed by atoms with Crippen molar-refractivity contribution in [1.29, 1.82) is 5.26 Å². The second-order valence-electron chi connectivity index (χ2n) is 5.71. The third kappa shape index (κ3) is 5.44. The number of hydrogen-bond acceptors (Lipinski definition) is 4. The Morgan fingerprint density at radius 1 is 1.19 bits per heavy atom. The molecule has 0 aromatic heterocycles. The van der Waals surface area contributed by atoms with E-state index in [-0.39, 0.29) is 16.8 Å². The first kappa shape index (κ1) is 19.7. The number of nitrogens with zero attached hydrogens (tertiary/aromatic N) is 1. The Morgan fingerprint density at radius 3 is 2.59 bits per heavy atom. The van der Waals surface area contributed by atoms with E-state index in [0.717, 1.165) is 12.8 Å². The van der Waals surface area contributed by atoms with Crippen LogP contribution < -0.4 is 10.1 Å². The minimum absolute atomic E-state index is 0.0496. The fourth-order valence-corrected chi connectivity index (χ4v) is 2.33. The Morgan fingerprint density at radius 2 is 1.89 bits per heavy atom. The molecule has 0 aliphatic carbocycles. The zero-order chi connectivity index (χ0) is 19.6. The molecule has 6 heteroatoms. The van der Waals surface area contributed by atoms with Crippen LogP contribution in [0.15, 0.2) is 54.1 Å². The first-order valence-electron chi connectivity index (χ1n) is 8.54. The molecule has 2 N–H and O–H groups in total. The number of carbonyl (C=O) groups excluding carboxylic acids is 1. The smallest absolute Gasteiger partial charge is 0.337 e. The van der Waals surface area contributed by atoms with Gasteiger partial charge in [0.2, 0.25) is 0 Å². The summed E-state index contributed by atoms with van der Waals surface area (Å²) < 4.78 is 5.71. The number of nitrogens with one attached hydrogen (secondary N) is 1. The van der Waals surface area contributed by atoms with Crippen molar-refractivity contribution in [3.05, 3.63) is 65.2 Å². The SMILES string of the molecule is CCCCOc1ccccc1/C=C(\C#N)C(=O)Nc1ccccc1C(=O)O. The molecule has 2 rings (SSSR count). The largest absolute Gasteiger partial charge is 0.493 e. The van der Waals surface area contributed by atoms with Gasteiger partial charge in [-0.05, 0) is 30.7 Å². The Hall–Kier alpha value is -3.59. The lowest BCUT2D eigenvalue weighted by atomic mass is 10.1. The highest BCUT2D eigenvalue weighted by Crippen LogP contribution is 2.22. The van der Waals surface area contributed by atoms with Crippen LogP contribution in [0.4, 0.5) is 5.69 Å². The monoisotopic (exact) mass is 364 g/mol. The molecule has 0 spiro atoms. The summed E-state index contributed by atoms with van der Waals surface area (Å²) in [7, 11) is 0. The molecule has 2 aromatic carbocycles. The molecule has 0 bridgehead atoms. The van der Waals surface area contributed by atoms with E-state index in [0.29, 0.717) is 17.9 Å². The van der Waals surface area contributed by atoms with Crippen molar-refractivity contribution in [2.45, 2.75) is 19.8 Å². The van der Waals surface area contributed by atoms with Crippen LogP contribution in [-0.2, 0) is 4.79 Å². The van der Waals surface area contributed by atoms with E-state index in [4.69, 9.17) is 4.74 Å². The van der Waals surface area contributed by atoms with Crippen molar-refractivity contribution < 1.29 is 19.4 Å². The number of carbonyl (C=O) groups is 2. The molecule has 0 radical (unpaired) electrons. The molecule has 6 nitrogen and oxygen atoms in total. The molecule has 0 saturated carbocycles. The third-order valence-electron chi connectivity index (χ3n) is 3.75. The number of carboxylic acids is 1. The van der Waals surface area contributed by atoms with Crippen molar-refractivity contribution in [3.63, 3.8) is 0 Å². The molecule has 0 aliphatic heterocycles. The van der Waals surface area contributed by atoms with Crippen molar-refractivity contribution in [2.75, 3.05) is 11.9 Å². The molecule has 0 unspecified atom stereocenters. The maximum atomic E-state index is 12.5. The van der Waals surface area contributed by atoms with E-state index in [9.17, 15) is 20.0 Å². The average molecular weight is 364 g/mol. The van der Waals surface area contributed by atoms with Crippen molar-refractivity contribution in [1.82, 2.24) is 0 Å². The molecule has 0 atom stereocenters. The summed E-state index contributed by atoms with van der Waals surface area (Å²) in [6.07, 6.45) is 3.32. The fraction of sp³-hybridized carbons (Fsp3) is 0.190. The summed E-state index contributed by atoms with van der Waals surface area (Å²) in [4.78, 5) is 23.7. The Bertz CT molecular complexity index is 897. The number of ether oxygens (including phenoxy) is 1. The number of anilines is 1. The molecule has 0 heterocycles. The maximum Gasteiger partial charge on any atom is 0.337 e. The molecular formula is C21H20N2O4. The van der Waals surface area contributed by atoms with Crippen molar-refractivity contribution in [3.8, 4) is 11.8 Å². The maximum absolute atomic E-state index is 12.5. The Kier molecular flexibility index (Phi) is 7.15. The second kappa shape index (κ2) is 9.78. The summed E-state index contributed by atoms with van der Waals surface area (Å²) in [5.41, 5.74) is 0.531. The molecule has 27 heavy (non-hydrogen) atoms. The number of para-hydroxylation sites is 2. The van der Waals surface area contributed by atoms with Gasteiger partial charge in [0.15, 0.2) is 0 Å². The normalized spacial score (nSPS) is 10.7. The highest BCUT2D eigenvalue weighted by molar-refractivity contribution is 6.11. The fourth-order valence-electron chi connectivity index (χ4n) is 2.33. The van der Waals surface area contributed by atoms with Crippen LogP contribution in [0.5, 0.6) is 5.75 Å². The van der Waals surface area contributed by atoms with Gasteiger partial charge in [0.25, 0.3) is 5.91 Å². The Labute approximate surface area is 157 Å². The first-order valence-corrected chi connectivity index (χ1v) is 8.54. The van der Waals surface area contributed by atoms with Crippen molar-refractivity contribution in [2.24, 2.45) is 0 Å². The molecule has 0 saturated heterocycles. The minimum atomic E-state index is -1.16. The third-order valence-corrected chi connectivity index (χ3v) is 3.75. The van der Waals surface area contributed by atoms with E-state index in [2.05, 4.69) is 12.2 Å². The predicted molar refractivity (Wildman–Crippen MR) is 102 cm³/mol. The summed E-state index contributed by atoms with van der Waals surface area (Å²) in [6.45, 7) is 2.60. The van der Waals surface area contributed by atoms with Crippen LogP contribution in [-0.4, -0.2) is 23.6 Å². The van der Waals surface area contributed by atoms with Crippen LogP contribution in [0.2, 0.25) is 0 Å². The van der Waals surface area contributed by atoms with Crippen LogP contribution in [0.3, 0.4) is 0 Å². The van der Waals surface area contributed by atoms with E-state index >= 15 is 0 Å². The lowest BCUT2D eigenvalue weighted by molar-refractivity contribution is -0.112. The van der Waals surface area contributed by atoms with Gasteiger partial charge in [-0.25, -0.2) is 4.79 Å². The average Bonchev–Trinajstić information content (AvgIpc) is 2.67. The number of carboxylic acid groups (broad SMARTS) is 1. The summed E-state index contributed by atoms with van der Waals surface area (Å²) in [6, 6.07) is 15.0. The molecule has 0 aliphatic rings. The second-order valence-corrected chi connectivity index (χ2v) is 5.71. The highest BCUT2D eigenvalue weighted by Gasteiger charge is 2.15. The molecule has 138 valence electrons. The number of rotatable bonds is 8. The Balaban J connectivity index is 2.26. The van der Waals surface area contributed by atoms with Gasteiger partial charge in [-0.3, -0.25) is 4.79 Å². The van der Waals surface area contributed by atoms with E-state index < -0.39 is 11.9 Å². The lowest BCUT2D eigenvalue weighted by Gasteiger charge is -2.10. The van der Waals surface area contributed by atoms with Crippen LogP contribution in [0.25, 0.3) is 6.08 Å². The highest BCUT2D eigenvalue weighted by atomic mass is 16.5. The van der Waals surface area contributed by atoms with Gasteiger partial charge in [0, 0.05) is 5.56 Å². The van der Waals surface area contributed by atoms with Crippen molar-refractivity contribution >= 4 is 23.6 Å². The van der Waals surface area contributed by atoms with E-state index in [1.807, 2.05) is 12.1 Å². The molecule has 1 amide bonds. The standard InChI is InChI=1S/C21H20N2O4/c1-2-3-12-27-19-11-7-4-8-15(19)13-16(14-22)20(24)23-18-10-6-5-9-17(18)21(25)26/h4-11,13H,2-3,12H2,1H3,(H,23,24)(H,25,26)/b16-13+. The quantitative estimate of drug-likeness (QED) is 0.417. The van der Waals surface area contributed by atoms with Gasteiger partial charge < -0.3 is 15.2 Å². The predicted octanol–water partition coefficient (Wildman–Crippen LogP) is 4.11. The number of benzene rings is 2. The molecule has 2 aromatic rings. The minimum Gasteiger partial charge on any atom is -0.493 e. The zero-order valence-corrected chi connectivity index (χ0v) is 14.9. The van der Waals surface area contributed by atoms with Gasteiger partial charge in [0.1, 0.15) is 17.4 Å². The summed E-state index contributed by atoms with van der Waals surface area (Å²) in [5.74, 6) is -1.27. The van der Waals surface area contributed by atoms with E-state index in [1.165, 1.54) is 18.2 Å². The zero-order valence-electron chi connectivity index (χ0n) is 14.9. The van der Waals surface area contributed by atoms with Crippen LogP contribution in [0, 0.1) is 11.3 Å². The molecular weight excluding hydrogens is 344 g/mol. The molecule has 0 fully saturated rings. The van der Waals surface area contributed by atoms with Gasteiger partial charge in [-0.2, -0.15) is 5.26 Å². The van der Waals surface area contributed by atoms with E-state index in [1.54, 1.807) is 30.3 Å². The number of amides is 1. The summed E-state index contributed by atoms with van der Waals surface area (Å²) in [5, 5.41) is 21.1. The number of unbranched alkanes of at least 4 members (excludes halogenated alkanes) is 1.